The second kappa shape index (κ2) is 13.8. The molecule has 1 saturated heterocycles. The molecule has 1 aliphatic heterocycles. The van der Waals surface area contributed by atoms with Gasteiger partial charge in [-0.15, -0.1) is 0 Å². The van der Waals surface area contributed by atoms with Gasteiger partial charge >= 0.3 is 0 Å². The Hall–Kier alpha value is -2.57. The zero-order chi connectivity index (χ0) is 24.3. The quantitative estimate of drug-likeness (QED) is 0.119. The van der Waals surface area contributed by atoms with Gasteiger partial charge in [-0.05, 0) is 52.0 Å². The van der Waals surface area contributed by atoms with E-state index in [1.807, 2.05) is 0 Å². The third-order valence-electron chi connectivity index (χ3n) is 5.42. The van der Waals surface area contributed by atoms with Crippen molar-refractivity contribution in [3.63, 3.8) is 0 Å². The summed E-state index contributed by atoms with van der Waals surface area (Å²) in [7, 11) is 0. The standard InChI is InChI=1S/C20H36N6O6/c1-12(28)17(23)19(31)25-14(5-2-3-9-21)20(32)26-10-4-6-15(26)18(30)24-13(11-27)7-8-16(22)29/h11-15,17,28H,2-10,21,23H2,1H3,(H2,22,29)(H,24,30)(H,25,31)/t12-,13+,14+,15+,17+/m1/s1. The Morgan fingerprint density at radius 1 is 1.19 bits per heavy atom. The number of unbranched alkanes of at least 4 members (excludes halogenated alkanes) is 1. The van der Waals surface area contributed by atoms with Crippen molar-refractivity contribution in [1.82, 2.24) is 15.5 Å². The number of primary amides is 1. The number of likely N-dealkylation sites (tertiary alicyclic amines) is 1. The first kappa shape index (κ1) is 27.5. The van der Waals surface area contributed by atoms with Crippen molar-refractivity contribution >= 4 is 29.9 Å². The lowest BCUT2D eigenvalue weighted by molar-refractivity contribution is -0.142. The first-order valence-electron chi connectivity index (χ1n) is 10.9. The van der Waals surface area contributed by atoms with Crippen LogP contribution in [0.15, 0.2) is 0 Å². The predicted octanol–water partition coefficient (Wildman–Crippen LogP) is -2.75. The van der Waals surface area contributed by atoms with Crippen molar-refractivity contribution < 1.29 is 29.1 Å². The number of amides is 4. The number of hydrogen-bond acceptors (Lipinski definition) is 8. The van der Waals surface area contributed by atoms with Gasteiger partial charge in [0.15, 0.2) is 0 Å². The molecule has 0 radical (unpaired) electrons. The van der Waals surface area contributed by atoms with E-state index in [0.29, 0.717) is 51.5 Å². The van der Waals surface area contributed by atoms with E-state index >= 15 is 0 Å². The average molecular weight is 457 g/mol. The van der Waals surface area contributed by atoms with Crippen LogP contribution in [0.4, 0.5) is 0 Å². The normalized spacial score (nSPS) is 19.5. The van der Waals surface area contributed by atoms with Crippen molar-refractivity contribution in [2.45, 2.75) is 82.1 Å². The van der Waals surface area contributed by atoms with Crippen LogP contribution in [0.2, 0.25) is 0 Å². The highest BCUT2D eigenvalue weighted by Crippen LogP contribution is 2.20. The third kappa shape index (κ3) is 8.52. The minimum absolute atomic E-state index is 0.0597. The third-order valence-corrected chi connectivity index (χ3v) is 5.42. The minimum Gasteiger partial charge on any atom is -0.391 e. The van der Waals surface area contributed by atoms with E-state index in [-0.39, 0.29) is 12.8 Å². The summed E-state index contributed by atoms with van der Waals surface area (Å²) < 4.78 is 0. The molecule has 1 heterocycles. The zero-order valence-electron chi connectivity index (χ0n) is 18.5. The molecule has 1 fully saturated rings. The Kier molecular flexibility index (Phi) is 11.8. The molecule has 182 valence electrons. The van der Waals surface area contributed by atoms with Gasteiger partial charge in [0.25, 0.3) is 0 Å². The summed E-state index contributed by atoms with van der Waals surface area (Å²) in [5.41, 5.74) is 16.3. The number of hydrogen-bond donors (Lipinski definition) is 6. The van der Waals surface area contributed by atoms with Crippen molar-refractivity contribution in [2.75, 3.05) is 13.1 Å². The molecule has 4 amide bonds. The maximum absolute atomic E-state index is 13.2. The average Bonchev–Trinajstić information content (AvgIpc) is 3.24. The fourth-order valence-electron chi connectivity index (χ4n) is 3.49. The van der Waals surface area contributed by atoms with Crippen LogP contribution in [0.25, 0.3) is 0 Å². The van der Waals surface area contributed by atoms with Crippen LogP contribution in [0.5, 0.6) is 0 Å². The topological polar surface area (TPSA) is 211 Å². The number of nitrogens with zero attached hydrogens (tertiary/aromatic N) is 1. The number of nitrogens with one attached hydrogen (secondary N) is 2. The lowest BCUT2D eigenvalue weighted by Gasteiger charge is -2.30. The maximum atomic E-state index is 13.2. The van der Waals surface area contributed by atoms with Crippen LogP contribution < -0.4 is 27.8 Å². The summed E-state index contributed by atoms with van der Waals surface area (Å²) in [6.07, 6.45) is 1.93. The second-order valence-electron chi connectivity index (χ2n) is 8.06. The minimum atomic E-state index is -1.20. The second-order valence-corrected chi connectivity index (χ2v) is 8.06. The molecule has 32 heavy (non-hydrogen) atoms. The van der Waals surface area contributed by atoms with Gasteiger partial charge in [0.2, 0.25) is 23.6 Å². The Morgan fingerprint density at radius 2 is 1.88 bits per heavy atom. The van der Waals surface area contributed by atoms with Gasteiger partial charge in [-0.25, -0.2) is 0 Å². The molecule has 0 spiro atoms. The van der Waals surface area contributed by atoms with Gasteiger partial charge in [0.1, 0.15) is 24.4 Å². The fourth-order valence-corrected chi connectivity index (χ4v) is 3.49. The van der Waals surface area contributed by atoms with Crippen LogP contribution in [-0.4, -0.2) is 83.3 Å². The largest absolute Gasteiger partial charge is 0.391 e. The molecule has 0 aromatic heterocycles. The molecule has 9 N–H and O–H groups in total. The Morgan fingerprint density at radius 3 is 2.44 bits per heavy atom. The van der Waals surface area contributed by atoms with Crippen LogP contribution in [0, 0.1) is 0 Å². The van der Waals surface area contributed by atoms with Gasteiger partial charge in [-0.2, -0.15) is 0 Å². The molecule has 12 heteroatoms. The molecular weight excluding hydrogens is 420 g/mol. The number of rotatable bonds is 14. The summed E-state index contributed by atoms with van der Waals surface area (Å²) in [4.78, 5) is 61.8. The zero-order valence-corrected chi connectivity index (χ0v) is 18.5. The highest BCUT2D eigenvalue weighted by atomic mass is 16.3. The van der Waals surface area contributed by atoms with Gasteiger partial charge in [0, 0.05) is 13.0 Å². The molecule has 0 saturated carbocycles. The van der Waals surface area contributed by atoms with Crippen LogP contribution in [0.3, 0.4) is 0 Å². The van der Waals surface area contributed by atoms with Gasteiger partial charge in [-0.3, -0.25) is 19.2 Å². The van der Waals surface area contributed by atoms with Gasteiger partial charge in [0.05, 0.1) is 12.1 Å². The number of aldehydes is 1. The van der Waals surface area contributed by atoms with E-state index in [2.05, 4.69) is 10.6 Å². The predicted molar refractivity (Wildman–Crippen MR) is 116 cm³/mol. The van der Waals surface area contributed by atoms with E-state index < -0.39 is 53.9 Å². The SMILES string of the molecule is C[C@@H](O)[C@H](N)C(=O)N[C@@H](CCCCN)C(=O)N1CCC[C@H]1C(=O)N[C@H](C=O)CCC(N)=O. The van der Waals surface area contributed by atoms with Crippen LogP contribution >= 0.6 is 0 Å². The van der Waals surface area contributed by atoms with Gasteiger partial charge < -0.3 is 42.6 Å². The lowest BCUT2D eigenvalue weighted by atomic mass is 10.1. The van der Waals surface area contributed by atoms with Crippen molar-refractivity contribution in [3.8, 4) is 0 Å². The summed E-state index contributed by atoms with van der Waals surface area (Å²) in [6.45, 7) is 2.11. The summed E-state index contributed by atoms with van der Waals surface area (Å²) >= 11 is 0. The Balaban J connectivity index is 2.89. The molecule has 0 aromatic rings. The molecule has 0 bridgehead atoms. The molecule has 0 aromatic carbocycles. The van der Waals surface area contributed by atoms with Gasteiger partial charge in [-0.1, -0.05) is 0 Å². The Labute approximate surface area is 187 Å². The smallest absolute Gasteiger partial charge is 0.245 e. The molecule has 5 atom stereocenters. The van der Waals surface area contributed by atoms with E-state index in [9.17, 15) is 29.1 Å². The first-order valence-corrected chi connectivity index (χ1v) is 10.9. The summed E-state index contributed by atoms with van der Waals surface area (Å²) in [5.74, 6) is -2.20. The highest BCUT2D eigenvalue weighted by Gasteiger charge is 2.38. The number of carbonyl (C=O) groups excluding carboxylic acids is 5. The summed E-state index contributed by atoms with van der Waals surface area (Å²) in [6, 6.07) is -3.82. The molecule has 12 nitrogen and oxygen atoms in total. The lowest BCUT2D eigenvalue weighted by Crippen LogP contribution is -2.57. The highest BCUT2D eigenvalue weighted by molar-refractivity contribution is 5.94. The molecule has 0 unspecified atom stereocenters. The van der Waals surface area contributed by atoms with Crippen molar-refractivity contribution in [2.24, 2.45) is 17.2 Å². The molecule has 1 aliphatic rings. The van der Waals surface area contributed by atoms with Crippen LogP contribution in [0.1, 0.15) is 51.9 Å². The molecule has 0 aliphatic carbocycles. The molecule has 1 rings (SSSR count). The van der Waals surface area contributed by atoms with Crippen molar-refractivity contribution in [1.29, 1.82) is 0 Å². The van der Waals surface area contributed by atoms with E-state index in [1.165, 1.54) is 11.8 Å². The van der Waals surface area contributed by atoms with E-state index in [1.54, 1.807) is 0 Å². The maximum Gasteiger partial charge on any atom is 0.245 e. The van der Waals surface area contributed by atoms with E-state index in [0.717, 1.165) is 0 Å². The number of aliphatic hydroxyl groups is 1. The monoisotopic (exact) mass is 456 g/mol. The van der Waals surface area contributed by atoms with Crippen LogP contribution in [-0.2, 0) is 24.0 Å². The number of aliphatic hydroxyl groups excluding tert-OH is 1. The number of nitrogens with two attached hydrogens (primary N) is 3. The molecular formula is C20H36N6O6. The van der Waals surface area contributed by atoms with E-state index in [4.69, 9.17) is 17.2 Å². The first-order chi connectivity index (χ1) is 15.1. The van der Waals surface area contributed by atoms with Crippen molar-refractivity contribution in [3.05, 3.63) is 0 Å². The Bertz CT molecular complexity index is 673. The fraction of sp³-hybridized carbons (Fsp3) is 0.750. The summed E-state index contributed by atoms with van der Waals surface area (Å²) in [5, 5.41) is 14.7. The number of carbonyl (C=O) groups is 5.